The highest BCUT2D eigenvalue weighted by molar-refractivity contribution is 8.14. The largest absolute Gasteiger partial charge is 0.341 e. The molecule has 5 rings (SSSR count). The molecule has 1 fully saturated rings. The Labute approximate surface area is 174 Å². The Morgan fingerprint density at radius 3 is 2.62 bits per heavy atom. The van der Waals surface area contributed by atoms with Crippen molar-refractivity contribution in [3.05, 3.63) is 83.2 Å². The molecule has 0 aliphatic carbocycles. The van der Waals surface area contributed by atoms with Gasteiger partial charge in [0, 0.05) is 35.1 Å². The van der Waals surface area contributed by atoms with Crippen LogP contribution in [0.2, 0.25) is 0 Å². The molecule has 29 heavy (non-hydrogen) atoms. The fraction of sp³-hybridized carbons (Fsp3) is 0.304. The van der Waals surface area contributed by atoms with E-state index in [0.717, 1.165) is 28.8 Å². The van der Waals surface area contributed by atoms with Gasteiger partial charge in [-0.3, -0.25) is 9.98 Å². The molecule has 4 heterocycles. The SMILES string of the molecule is Cc1cc([C@@H]2[C@H](c3ccccn3)N=C3S[C@H](C)CN32)c(C)n1-c1ccc(F)cc1. The average molecular weight is 407 g/mol. The van der Waals surface area contributed by atoms with Crippen molar-refractivity contribution in [1.29, 1.82) is 0 Å². The average Bonchev–Trinajstić information content (AvgIpc) is 3.33. The standard InChI is InChI=1S/C23H23FN4S/c1-14-12-19(16(3)28(14)18-9-7-17(24)8-10-18)22-21(20-6-4-5-11-25-20)26-23-27(22)13-15(2)29-23/h4-12,15,21-22H,13H2,1-3H3/t15-,21+,22-/m1/s1. The summed E-state index contributed by atoms with van der Waals surface area (Å²) in [6.07, 6.45) is 1.84. The van der Waals surface area contributed by atoms with E-state index in [1.807, 2.05) is 42.2 Å². The number of pyridine rings is 1. The van der Waals surface area contributed by atoms with Crippen LogP contribution in [0.3, 0.4) is 0 Å². The highest BCUT2D eigenvalue weighted by Gasteiger charge is 2.44. The normalized spacial score (nSPS) is 23.4. The Morgan fingerprint density at radius 2 is 1.90 bits per heavy atom. The number of hydrogen-bond acceptors (Lipinski definition) is 4. The first kappa shape index (κ1) is 18.4. The van der Waals surface area contributed by atoms with E-state index in [0.29, 0.717) is 5.25 Å². The fourth-order valence-electron chi connectivity index (χ4n) is 4.53. The molecule has 1 aromatic carbocycles. The minimum Gasteiger partial charge on any atom is -0.341 e. The zero-order valence-electron chi connectivity index (χ0n) is 16.7. The molecule has 0 N–H and O–H groups in total. The zero-order chi connectivity index (χ0) is 20.1. The third-order valence-electron chi connectivity index (χ3n) is 5.76. The summed E-state index contributed by atoms with van der Waals surface area (Å²) in [5.41, 5.74) is 5.54. The number of fused-ring (bicyclic) bond motifs is 1. The number of nitrogens with zero attached hydrogens (tertiary/aromatic N) is 4. The minimum atomic E-state index is -0.219. The Hall–Kier alpha value is -2.60. The van der Waals surface area contributed by atoms with Crippen molar-refractivity contribution in [2.24, 2.45) is 4.99 Å². The molecule has 0 unspecified atom stereocenters. The molecule has 6 heteroatoms. The number of aliphatic imine (C=N–C) groups is 1. The molecule has 1 saturated heterocycles. The first-order valence-corrected chi connectivity index (χ1v) is 10.8. The molecule has 2 aromatic heterocycles. The van der Waals surface area contributed by atoms with Gasteiger partial charge in [-0.1, -0.05) is 24.8 Å². The number of aryl methyl sites for hydroxylation is 1. The third-order valence-corrected chi connectivity index (χ3v) is 6.86. The molecular formula is C23H23FN4S. The lowest BCUT2D eigenvalue weighted by Crippen LogP contribution is -2.28. The Bertz CT molecular complexity index is 1070. The van der Waals surface area contributed by atoms with Crippen molar-refractivity contribution < 1.29 is 4.39 Å². The molecular weight excluding hydrogens is 383 g/mol. The van der Waals surface area contributed by atoms with Gasteiger partial charge in [0.2, 0.25) is 0 Å². The summed E-state index contributed by atoms with van der Waals surface area (Å²) >= 11 is 1.85. The van der Waals surface area contributed by atoms with Gasteiger partial charge in [-0.25, -0.2) is 4.39 Å². The van der Waals surface area contributed by atoms with Crippen molar-refractivity contribution in [1.82, 2.24) is 14.5 Å². The molecule has 2 aliphatic rings. The second kappa shape index (κ2) is 7.02. The third kappa shape index (κ3) is 3.06. The predicted molar refractivity (Wildman–Crippen MR) is 116 cm³/mol. The van der Waals surface area contributed by atoms with E-state index in [9.17, 15) is 4.39 Å². The number of benzene rings is 1. The predicted octanol–water partition coefficient (Wildman–Crippen LogP) is 5.22. The van der Waals surface area contributed by atoms with Gasteiger partial charge in [-0.15, -0.1) is 0 Å². The van der Waals surface area contributed by atoms with E-state index in [2.05, 4.69) is 47.4 Å². The maximum atomic E-state index is 13.4. The number of aromatic nitrogens is 2. The summed E-state index contributed by atoms with van der Waals surface area (Å²) in [5, 5.41) is 1.64. The molecule has 3 atom stereocenters. The van der Waals surface area contributed by atoms with E-state index >= 15 is 0 Å². The lowest BCUT2D eigenvalue weighted by molar-refractivity contribution is 0.320. The summed E-state index contributed by atoms with van der Waals surface area (Å²) in [4.78, 5) is 12.1. The minimum absolute atomic E-state index is 0.0200. The Balaban J connectivity index is 1.62. The maximum Gasteiger partial charge on any atom is 0.160 e. The van der Waals surface area contributed by atoms with Crippen molar-refractivity contribution in [3.63, 3.8) is 0 Å². The number of thioether (sulfide) groups is 1. The Morgan fingerprint density at radius 1 is 1.10 bits per heavy atom. The topological polar surface area (TPSA) is 33.4 Å². The summed E-state index contributed by atoms with van der Waals surface area (Å²) in [6.45, 7) is 7.48. The fourth-order valence-corrected chi connectivity index (χ4v) is 5.62. The van der Waals surface area contributed by atoms with Gasteiger partial charge in [-0.2, -0.15) is 0 Å². The lowest BCUT2D eigenvalue weighted by atomic mass is 9.96. The Kier molecular flexibility index (Phi) is 4.46. The first-order valence-electron chi connectivity index (χ1n) is 9.89. The summed E-state index contributed by atoms with van der Waals surface area (Å²) < 4.78 is 15.6. The van der Waals surface area contributed by atoms with Crippen LogP contribution in [-0.4, -0.2) is 31.4 Å². The first-order chi connectivity index (χ1) is 14.0. The van der Waals surface area contributed by atoms with Crippen LogP contribution in [0, 0.1) is 19.7 Å². The van der Waals surface area contributed by atoms with Gasteiger partial charge in [-0.05, 0) is 61.9 Å². The van der Waals surface area contributed by atoms with Crippen LogP contribution in [0.25, 0.3) is 5.69 Å². The van der Waals surface area contributed by atoms with Crippen molar-refractivity contribution in [3.8, 4) is 5.69 Å². The summed E-state index contributed by atoms with van der Waals surface area (Å²) in [7, 11) is 0. The second-order valence-electron chi connectivity index (χ2n) is 7.78. The molecule has 0 radical (unpaired) electrons. The quantitative estimate of drug-likeness (QED) is 0.598. The molecule has 148 valence electrons. The van der Waals surface area contributed by atoms with E-state index < -0.39 is 0 Å². The van der Waals surface area contributed by atoms with E-state index in [1.165, 1.54) is 23.4 Å². The molecule has 3 aromatic rings. The number of amidine groups is 1. The smallest absolute Gasteiger partial charge is 0.160 e. The van der Waals surface area contributed by atoms with E-state index in [1.54, 1.807) is 0 Å². The second-order valence-corrected chi connectivity index (χ2v) is 9.18. The van der Waals surface area contributed by atoms with Gasteiger partial charge in [0.15, 0.2) is 5.17 Å². The van der Waals surface area contributed by atoms with Crippen LogP contribution in [0.5, 0.6) is 0 Å². The van der Waals surface area contributed by atoms with Gasteiger partial charge >= 0.3 is 0 Å². The van der Waals surface area contributed by atoms with Crippen LogP contribution >= 0.6 is 11.8 Å². The number of rotatable bonds is 3. The van der Waals surface area contributed by atoms with Gasteiger partial charge in [0.05, 0.1) is 11.7 Å². The number of hydrogen-bond donors (Lipinski definition) is 0. The monoisotopic (exact) mass is 406 g/mol. The highest BCUT2D eigenvalue weighted by Crippen LogP contribution is 2.48. The van der Waals surface area contributed by atoms with Crippen molar-refractivity contribution in [2.75, 3.05) is 6.54 Å². The van der Waals surface area contributed by atoms with Crippen molar-refractivity contribution in [2.45, 2.75) is 38.1 Å². The van der Waals surface area contributed by atoms with Gasteiger partial charge < -0.3 is 9.47 Å². The van der Waals surface area contributed by atoms with Gasteiger partial charge in [0.25, 0.3) is 0 Å². The van der Waals surface area contributed by atoms with Crippen LogP contribution in [0.1, 0.15) is 41.7 Å². The summed E-state index contributed by atoms with van der Waals surface area (Å²) in [6, 6.07) is 15.1. The molecule has 2 aliphatic heterocycles. The maximum absolute atomic E-state index is 13.4. The van der Waals surface area contributed by atoms with Crippen LogP contribution in [-0.2, 0) is 0 Å². The molecule has 4 nitrogen and oxygen atoms in total. The van der Waals surface area contributed by atoms with Gasteiger partial charge in [0.1, 0.15) is 11.9 Å². The van der Waals surface area contributed by atoms with Crippen LogP contribution < -0.4 is 0 Å². The molecule has 0 bridgehead atoms. The van der Waals surface area contributed by atoms with Crippen LogP contribution in [0.15, 0.2) is 59.7 Å². The molecule has 0 amide bonds. The lowest BCUT2D eigenvalue weighted by Gasteiger charge is -2.27. The zero-order valence-corrected chi connectivity index (χ0v) is 17.5. The van der Waals surface area contributed by atoms with E-state index in [-0.39, 0.29) is 17.9 Å². The number of halogens is 1. The molecule has 0 saturated carbocycles. The highest BCUT2D eigenvalue weighted by atomic mass is 32.2. The van der Waals surface area contributed by atoms with E-state index in [4.69, 9.17) is 4.99 Å². The van der Waals surface area contributed by atoms with Crippen molar-refractivity contribution >= 4 is 16.9 Å². The molecule has 0 spiro atoms. The summed E-state index contributed by atoms with van der Waals surface area (Å²) in [5.74, 6) is -0.219. The van der Waals surface area contributed by atoms with Crippen LogP contribution in [0.4, 0.5) is 4.39 Å².